The van der Waals surface area contributed by atoms with E-state index < -0.39 is 0 Å². The van der Waals surface area contributed by atoms with Crippen molar-refractivity contribution in [2.24, 2.45) is 0 Å². The topological polar surface area (TPSA) is 60.2 Å². The molecule has 1 saturated heterocycles. The summed E-state index contributed by atoms with van der Waals surface area (Å²) in [5.74, 6) is 0.572. The first kappa shape index (κ1) is 9.43. The van der Waals surface area contributed by atoms with Gasteiger partial charge < -0.3 is 15.8 Å². The van der Waals surface area contributed by atoms with Gasteiger partial charge in [-0.05, 0) is 24.1 Å². The van der Waals surface area contributed by atoms with E-state index >= 15 is 0 Å². The molecule has 4 heteroatoms. The van der Waals surface area contributed by atoms with Gasteiger partial charge in [-0.2, -0.15) is 0 Å². The van der Waals surface area contributed by atoms with Gasteiger partial charge in [-0.25, -0.2) is 4.98 Å². The fourth-order valence-corrected chi connectivity index (χ4v) is 1.72. The summed E-state index contributed by atoms with van der Waals surface area (Å²) < 4.78 is 5.40. The molecule has 1 aliphatic heterocycles. The van der Waals surface area contributed by atoms with Crippen LogP contribution in [0.1, 0.15) is 17.2 Å². The third-order valence-corrected chi connectivity index (χ3v) is 2.47. The molecule has 1 fully saturated rings. The zero-order valence-electron chi connectivity index (χ0n) is 8.29. The molecular formula is C10H15N3O. The van der Waals surface area contributed by atoms with E-state index in [-0.39, 0.29) is 6.04 Å². The minimum Gasteiger partial charge on any atom is -0.384 e. The van der Waals surface area contributed by atoms with Crippen molar-refractivity contribution in [1.29, 1.82) is 0 Å². The molecule has 1 aromatic heterocycles. The molecule has 2 rings (SSSR count). The highest BCUT2D eigenvalue weighted by Gasteiger charge is 2.17. The monoisotopic (exact) mass is 193 g/mol. The molecule has 3 N–H and O–H groups in total. The SMILES string of the molecule is Cc1cc(N)ncc1[C@@H]1COCCN1. The Hall–Kier alpha value is -1.13. The summed E-state index contributed by atoms with van der Waals surface area (Å²) in [6.45, 7) is 4.45. The highest BCUT2D eigenvalue weighted by molar-refractivity contribution is 5.37. The maximum absolute atomic E-state index is 5.59. The van der Waals surface area contributed by atoms with Crippen LogP contribution in [0, 0.1) is 6.92 Å². The van der Waals surface area contributed by atoms with Gasteiger partial charge in [0.1, 0.15) is 5.82 Å². The second kappa shape index (κ2) is 3.94. The minimum atomic E-state index is 0.261. The van der Waals surface area contributed by atoms with Crippen LogP contribution < -0.4 is 11.1 Å². The molecule has 0 amide bonds. The molecule has 0 unspecified atom stereocenters. The van der Waals surface area contributed by atoms with Gasteiger partial charge in [-0.3, -0.25) is 0 Å². The Morgan fingerprint density at radius 1 is 1.64 bits per heavy atom. The number of hydrogen-bond donors (Lipinski definition) is 2. The van der Waals surface area contributed by atoms with Gasteiger partial charge in [0.15, 0.2) is 0 Å². The van der Waals surface area contributed by atoms with Crippen LogP contribution in [-0.2, 0) is 4.74 Å². The fourth-order valence-electron chi connectivity index (χ4n) is 1.72. The lowest BCUT2D eigenvalue weighted by Gasteiger charge is -2.25. The molecule has 0 saturated carbocycles. The highest BCUT2D eigenvalue weighted by atomic mass is 16.5. The van der Waals surface area contributed by atoms with E-state index in [0.29, 0.717) is 12.4 Å². The average molecular weight is 193 g/mol. The lowest BCUT2D eigenvalue weighted by Crippen LogP contribution is -2.35. The van der Waals surface area contributed by atoms with Gasteiger partial charge in [0.05, 0.1) is 19.3 Å². The standard InChI is InChI=1S/C10H15N3O/c1-7-4-10(11)13-5-8(7)9-6-14-3-2-12-9/h4-5,9,12H,2-3,6H2,1H3,(H2,11,13)/t9-/m0/s1. The molecule has 1 aromatic rings. The molecular weight excluding hydrogens is 178 g/mol. The van der Waals surface area contributed by atoms with Gasteiger partial charge in [-0.15, -0.1) is 0 Å². The van der Waals surface area contributed by atoms with E-state index in [1.807, 2.05) is 19.2 Å². The van der Waals surface area contributed by atoms with Gasteiger partial charge >= 0.3 is 0 Å². The van der Waals surface area contributed by atoms with E-state index in [9.17, 15) is 0 Å². The molecule has 2 heterocycles. The Balaban J connectivity index is 2.22. The third-order valence-electron chi connectivity index (χ3n) is 2.47. The summed E-state index contributed by atoms with van der Waals surface area (Å²) >= 11 is 0. The number of aryl methyl sites for hydroxylation is 1. The van der Waals surface area contributed by atoms with Crippen molar-refractivity contribution < 1.29 is 4.74 Å². The van der Waals surface area contributed by atoms with Crippen LogP contribution in [0.2, 0.25) is 0 Å². The zero-order valence-corrected chi connectivity index (χ0v) is 8.29. The third kappa shape index (κ3) is 1.86. The Morgan fingerprint density at radius 2 is 2.50 bits per heavy atom. The molecule has 0 bridgehead atoms. The number of nitrogens with two attached hydrogens (primary N) is 1. The number of anilines is 1. The number of pyridine rings is 1. The zero-order chi connectivity index (χ0) is 9.97. The summed E-state index contributed by atoms with van der Waals surface area (Å²) in [7, 11) is 0. The fraction of sp³-hybridized carbons (Fsp3) is 0.500. The number of aromatic nitrogens is 1. The molecule has 4 nitrogen and oxygen atoms in total. The summed E-state index contributed by atoms with van der Waals surface area (Å²) in [5, 5.41) is 3.39. The number of nitrogens with zero attached hydrogens (tertiary/aromatic N) is 1. The van der Waals surface area contributed by atoms with Gasteiger partial charge in [0.25, 0.3) is 0 Å². The summed E-state index contributed by atoms with van der Waals surface area (Å²) in [4.78, 5) is 4.10. The molecule has 1 aliphatic rings. The smallest absolute Gasteiger partial charge is 0.123 e. The summed E-state index contributed by atoms with van der Waals surface area (Å²) in [6, 6.07) is 2.16. The van der Waals surface area contributed by atoms with E-state index in [1.54, 1.807) is 0 Å². The molecule has 76 valence electrons. The van der Waals surface area contributed by atoms with Crippen LogP contribution in [0.5, 0.6) is 0 Å². The van der Waals surface area contributed by atoms with E-state index in [2.05, 4.69) is 10.3 Å². The number of hydrogen-bond acceptors (Lipinski definition) is 4. The van der Waals surface area contributed by atoms with Crippen molar-refractivity contribution in [1.82, 2.24) is 10.3 Å². The van der Waals surface area contributed by atoms with Crippen molar-refractivity contribution in [3.8, 4) is 0 Å². The number of ether oxygens (including phenoxy) is 1. The van der Waals surface area contributed by atoms with Crippen molar-refractivity contribution in [3.05, 3.63) is 23.4 Å². The number of nitrogen functional groups attached to an aromatic ring is 1. The molecule has 0 radical (unpaired) electrons. The van der Waals surface area contributed by atoms with E-state index in [4.69, 9.17) is 10.5 Å². The second-order valence-electron chi connectivity index (χ2n) is 3.55. The van der Waals surface area contributed by atoms with Crippen molar-refractivity contribution >= 4 is 5.82 Å². The highest BCUT2D eigenvalue weighted by Crippen LogP contribution is 2.19. The molecule has 14 heavy (non-hydrogen) atoms. The van der Waals surface area contributed by atoms with Crippen molar-refractivity contribution in [3.63, 3.8) is 0 Å². The van der Waals surface area contributed by atoms with Crippen LogP contribution in [-0.4, -0.2) is 24.7 Å². The quantitative estimate of drug-likeness (QED) is 0.687. The van der Waals surface area contributed by atoms with E-state index in [1.165, 1.54) is 11.1 Å². The number of morpholine rings is 1. The Labute approximate surface area is 83.5 Å². The maximum Gasteiger partial charge on any atom is 0.123 e. The first-order chi connectivity index (χ1) is 6.77. The lowest BCUT2D eigenvalue weighted by molar-refractivity contribution is 0.0766. The largest absolute Gasteiger partial charge is 0.384 e. The Morgan fingerprint density at radius 3 is 3.14 bits per heavy atom. The van der Waals surface area contributed by atoms with Crippen molar-refractivity contribution in [2.75, 3.05) is 25.5 Å². The van der Waals surface area contributed by atoms with Crippen molar-refractivity contribution in [2.45, 2.75) is 13.0 Å². The van der Waals surface area contributed by atoms with Crippen LogP contribution in [0.3, 0.4) is 0 Å². The normalized spacial score (nSPS) is 22.2. The van der Waals surface area contributed by atoms with Gasteiger partial charge in [0.2, 0.25) is 0 Å². The van der Waals surface area contributed by atoms with Crippen LogP contribution >= 0.6 is 0 Å². The molecule has 1 atom stereocenters. The van der Waals surface area contributed by atoms with Crippen LogP contribution in [0.4, 0.5) is 5.82 Å². The van der Waals surface area contributed by atoms with Gasteiger partial charge in [-0.1, -0.05) is 0 Å². The van der Waals surface area contributed by atoms with Gasteiger partial charge in [0, 0.05) is 12.7 Å². The predicted molar refractivity (Wildman–Crippen MR) is 54.9 cm³/mol. The summed E-state index contributed by atoms with van der Waals surface area (Å²) in [6.07, 6.45) is 1.83. The predicted octanol–water partition coefficient (Wildman–Crippen LogP) is 0.633. The molecule has 0 spiro atoms. The first-order valence-corrected chi connectivity index (χ1v) is 4.80. The summed E-state index contributed by atoms with van der Waals surface area (Å²) in [5.41, 5.74) is 7.94. The van der Waals surface area contributed by atoms with E-state index in [0.717, 1.165) is 13.2 Å². The average Bonchev–Trinajstić information content (AvgIpc) is 2.19. The number of rotatable bonds is 1. The number of nitrogens with one attached hydrogen (secondary N) is 1. The maximum atomic E-state index is 5.59. The van der Waals surface area contributed by atoms with Crippen LogP contribution in [0.25, 0.3) is 0 Å². The molecule has 0 aliphatic carbocycles. The van der Waals surface area contributed by atoms with Crippen LogP contribution in [0.15, 0.2) is 12.3 Å². The lowest BCUT2D eigenvalue weighted by atomic mass is 10.0. The first-order valence-electron chi connectivity index (χ1n) is 4.80. The Bertz CT molecular complexity index is 321. The minimum absolute atomic E-state index is 0.261. The molecule has 0 aromatic carbocycles. The second-order valence-corrected chi connectivity index (χ2v) is 3.55. The Kier molecular flexibility index (Phi) is 2.65.